The van der Waals surface area contributed by atoms with Crippen LogP contribution >= 0.6 is 11.6 Å². The largest absolute Gasteiger partial charge is 0.315 e. The van der Waals surface area contributed by atoms with Crippen molar-refractivity contribution in [3.05, 3.63) is 23.1 Å². The average molecular weight is 224 g/mol. The molecule has 2 heterocycles. The molecule has 0 saturated carbocycles. The van der Waals surface area contributed by atoms with Crippen molar-refractivity contribution >= 4 is 22.8 Å². The Bertz CT molecular complexity index is 508. The summed E-state index contributed by atoms with van der Waals surface area (Å²) in [5.41, 5.74) is 1.75. The summed E-state index contributed by atoms with van der Waals surface area (Å²) in [5, 5.41) is 0.626. The number of hydrogen-bond acceptors (Lipinski definition) is 2. The van der Waals surface area contributed by atoms with E-state index in [1.54, 1.807) is 6.20 Å². The van der Waals surface area contributed by atoms with Crippen LogP contribution < -0.4 is 0 Å². The van der Waals surface area contributed by atoms with Crippen LogP contribution in [0.3, 0.4) is 0 Å². The number of halogens is 1. The Morgan fingerprint density at radius 1 is 1.33 bits per heavy atom. The lowest BCUT2D eigenvalue weighted by Gasteiger charge is -2.17. The second kappa shape index (κ2) is 3.20. The molecule has 0 atom stereocenters. The van der Waals surface area contributed by atoms with Crippen LogP contribution in [0.4, 0.5) is 0 Å². The van der Waals surface area contributed by atoms with Gasteiger partial charge in [0.05, 0.1) is 5.02 Å². The molecule has 80 valence electrons. The molecule has 0 aliphatic carbocycles. The van der Waals surface area contributed by atoms with Crippen LogP contribution in [-0.4, -0.2) is 14.5 Å². The van der Waals surface area contributed by atoms with Gasteiger partial charge in [0, 0.05) is 18.7 Å². The minimum absolute atomic E-state index is 0.0158. The topological polar surface area (TPSA) is 30.7 Å². The summed E-state index contributed by atoms with van der Waals surface area (Å²) in [4.78, 5) is 8.84. The van der Waals surface area contributed by atoms with Crippen LogP contribution in [-0.2, 0) is 12.5 Å². The number of fused-ring (bicyclic) bond motifs is 1. The van der Waals surface area contributed by atoms with E-state index in [4.69, 9.17) is 11.6 Å². The highest BCUT2D eigenvalue weighted by Gasteiger charge is 2.21. The van der Waals surface area contributed by atoms with Crippen molar-refractivity contribution in [3.8, 4) is 0 Å². The smallest absolute Gasteiger partial charge is 0.159 e. The van der Waals surface area contributed by atoms with Crippen LogP contribution in [0, 0.1) is 0 Å². The molecule has 0 aromatic carbocycles. The van der Waals surface area contributed by atoms with Gasteiger partial charge >= 0.3 is 0 Å². The SMILES string of the molecule is Cn1c(C(C)(C)C)nc2cc(Cl)cnc21. The fourth-order valence-electron chi connectivity index (χ4n) is 1.72. The first-order chi connectivity index (χ1) is 6.89. The zero-order valence-corrected chi connectivity index (χ0v) is 10.1. The van der Waals surface area contributed by atoms with Gasteiger partial charge in [-0.2, -0.15) is 0 Å². The predicted octanol–water partition coefficient (Wildman–Crippen LogP) is 2.92. The van der Waals surface area contributed by atoms with E-state index in [0.717, 1.165) is 17.0 Å². The summed E-state index contributed by atoms with van der Waals surface area (Å²) < 4.78 is 2.02. The van der Waals surface area contributed by atoms with Gasteiger partial charge in [-0.15, -0.1) is 0 Å². The second-order valence-corrected chi connectivity index (χ2v) is 5.18. The van der Waals surface area contributed by atoms with Crippen LogP contribution in [0.1, 0.15) is 26.6 Å². The van der Waals surface area contributed by atoms with Gasteiger partial charge in [0.25, 0.3) is 0 Å². The molecule has 0 fully saturated rings. The van der Waals surface area contributed by atoms with Crippen molar-refractivity contribution in [2.24, 2.45) is 7.05 Å². The Labute approximate surface area is 94.1 Å². The molecule has 0 N–H and O–H groups in total. The molecule has 0 radical (unpaired) electrons. The third kappa shape index (κ3) is 1.72. The maximum Gasteiger partial charge on any atom is 0.159 e. The molecular formula is C11H14ClN3. The van der Waals surface area contributed by atoms with Gasteiger partial charge in [0.1, 0.15) is 11.3 Å². The highest BCUT2D eigenvalue weighted by molar-refractivity contribution is 6.31. The molecule has 0 saturated heterocycles. The number of pyridine rings is 1. The summed E-state index contributed by atoms with van der Waals surface area (Å²) in [7, 11) is 1.98. The van der Waals surface area contributed by atoms with Gasteiger partial charge in [-0.25, -0.2) is 9.97 Å². The Kier molecular flexibility index (Phi) is 2.23. The Morgan fingerprint density at radius 3 is 2.60 bits per heavy atom. The van der Waals surface area contributed by atoms with Gasteiger partial charge in [-0.05, 0) is 6.07 Å². The summed E-state index contributed by atoms with van der Waals surface area (Å²) in [6, 6.07) is 1.85. The van der Waals surface area contributed by atoms with E-state index in [2.05, 4.69) is 30.7 Å². The monoisotopic (exact) mass is 223 g/mol. The molecule has 2 rings (SSSR count). The zero-order valence-electron chi connectivity index (χ0n) is 9.37. The standard InChI is InChI=1S/C11H14ClN3/c1-11(2,3)10-14-8-5-7(12)6-13-9(8)15(10)4/h5-6H,1-4H3. The zero-order chi connectivity index (χ0) is 11.2. The first-order valence-corrected chi connectivity index (χ1v) is 5.26. The van der Waals surface area contributed by atoms with Crippen LogP contribution in [0.5, 0.6) is 0 Å². The first-order valence-electron chi connectivity index (χ1n) is 4.88. The minimum atomic E-state index is 0.0158. The molecule has 0 bridgehead atoms. The predicted molar refractivity (Wildman–Crippen MR) is 62.2 cm³/mol. The lowest BCUT2D eigenvalue weighted by molar-refractivity contribution is 0.526. The number of aromatic nitrogens is 3. The summed E-state index contributed by atoms with van der Waals surface area (Å²) in [6.45, 7) is 6.40. The van der Waals surface area contributed by atoms with E-state index >= 15 is 0 Å². The third-order valence-corrected chi connectivity index (χ3v) is 2.55. The molecule has 2 aromatic rings. The highest BCUT2D eigenvalue weighted by atomic mass is 35.5. The fraction of sp³-hybridized carbons (Fsp3) is 0.455. The Balaban J connectivity index is 2.75. The van der Waals surface area contributed by atoms with E-state index in [1.807, 2.05) is 17.7 Å². The lowest BCUT2D eigenvalue weighted by atomic mass is 9.96. The first kappa shape index (κ1) is 10.4. The summed E-state index contributed by atoms with van der Waals surface area (Å²) >= 11 is 5.88. The number of hydrogen-bond donors (Lipinski definition) is 0. The third-order valence-electron chi connectivity index (χ3n) is 2.35. The molecule has 2 aromatic heterocycles. The summed E-state index contributed by atoms with van der Waals surface area (Å²) in [5.74, 6) is 1.02. The van der Waals surface area contributed by atoms with E-state index in [-0.39, 0.29) is 5.41 Å². The average Bonchev–Trinajstić information content (AvgIpc) is 2.42. The molecule has 15 heavy (non-hydrogen) atoms. The molecule has 0 aliphatic heterocycles. The van der Waals surface area contributed by atoms with Crippen LogP contribution in [0.25, 0.3) is 11.2 Å². The van der Waals surface area contributed by atoms with E-state index in [0.29, 0.717) is 5.02 Å². The maximum absolute atomic E-state index is 5.88. The highest BCUT2D eigenvalue weighted by Crippen LogP contribution is 2.25. The summed E-state index contributed by atoms with van der Waals surface area (Å²) in [6.07, 6.45) is 1.65. The van der Waals surface area contributed by atoms with Crippen molar-refractivity contribution in [3.63, 3.8) is 0 Å². The molecule has 0 amide bonds. The number of aryl methyl sites for hydroxylation is 1. The number of rotatable bonds is 0. The van der Waals surface area contributed by atoms with E-state index < -0.39 is 0 Å². The second-order valence-electron chi connectivity index (χ2n) is 4.74. The molecule has 0 unspecified atom stereocenters. The van der Waals surface area contributed by atoms with Gasteiger partial charge in [-0.1, -0.05) is 32.4 Å². The molecular weight excluding hydrogens is 210 g/mol. The van der Waals surface area contributed by atoms with Crippen LogP contribution in [0.15, 0.2) is 12.3 Å². The maximum atomic E-state index is 5.88. The van der Waals surface area contributed by atoms with E-state index in [9.17, 15) is 0 Å². The molecule has 0 spiro atoms. The number of imidazole rings is 1. The number of nitrogens with zero attached hydrogens (tertiary/aromatic N) is 3. The van der Waals surface area contributed by atoms with Crippen molar-refractivity contribution in [1.82, 2.24) is 14.5 Å². The normalized spacial score (nSPS) is 12.3. The Hall–Kier alpha value is -1.09. The fourth-order valence-corrected chi connectivity index (χ4v) is 1.87. The van der Waals surface area contributed by atoms with Gasteiger partial charge in [0.2, 0.25) is 0 Å². The van der Waals surface area contributed by atoms with Gasteiger partial charge < -0.3 is 4.57 Å². The van der Waals surface area contributed by atoms with Gasteiger partial charge in [-0.3, -0.25) is 0 Å². The van der Waals surface area contributed by atoms with Gasteiger partial charge in [0.15, 0.2) is 5.65 Å². The lowest BCUT2D eigenvalue weighted by Crippen LogP contribution is -2.17. The van der Waals surface area contributed by atoms with Crippen molar-refractivity contribution < 1.29 is 0 Å². The quantitative estimate of drug-likeness (QED) is 0.688. The molecule has 3 nitrogen and oxygen atoms in total. The van der Waals surface area contributed by atoms with Crippen LogP contribution in [0.2, 0.25) is 5.02 Å². The Morgan fingerprint density at radius 2 is 2.00 bits per heavy atom. The molecule has 4 heteroatoms. The van der Waals surface area contributed by atoms with Crippen molar-refractivity contribution in [1.29, 1.82) is 0 Å². The van der Waals surface area contributed by atoms with E-state index in [1.165, 1.54) is 0 Å². The molecule has 0 aliphatic rings. The van der Waals surface area contributed by atoms with Crippen molar-refractivity contribution in [2.45, 2.75) is 26.2 Å². The minimum Gasteiger partial charge on any atom is -0.315 e. The van der Waals surface area contributed by atoms with Crippen molar-refractivity contribution in [2.75, 3.05) is 0 Å².